The molecule has 0 aliphatic carbocycles. The maximum Gasteiger partial charge on any atom is 0.265 e. The maximum absolute atomic E-state index is 12.4. The number of rotatable bonds is 3. The van der Waals surface area contributed by atoms with Gasteiger partial charge in [-0.1, -0.05) is 28.1 Å². The van der Waals surface area contributed by atoms with Crippen LogP contribution in [0.4, 0.5) is 11.4 Å². The predicted octanol–water partition coefficient (Wildman–Crippen LogP) is 3.90. The van der Waals surface area contributed by atoms with Crippen molar-refractivity contribution >= 4 is 53.3 Å². The Morgan fingerprint density at radius 3 is 2.45 bits per heavy atom. The van der Waals surface area contributed by atoms with Crippen molar-refractivity contribution in [3.8, 4) is 0 Å². The Balaban J connectivity index is 2.46. The molecule has 2 aromatic rings. The van der Waals surface area contributed by atoms with Gasteiger partial charge in [0, 0.05) is 14.6 Å². The molecule has 0 aliphatic rings. The Morgan fingerprint density at radius 1 is 1.15 bits per heavy atom. The Hall–Kier alpha value is -1.05. The number of aryl methyl sites for hydroxylation is 1. The van der Waals surface area contributed by atoms with Gasteiger partial charge < -0.3 is 5.73 Å². The molecule has 2 rings (SSSR count). The molecule has 3 N–H and O–H groups in total. The molecule has 4 nitrogen and oxygen atoms in total. The molecule has 106 valence electrons. The summed E-state index contributed by atoms with van der Waals surface area (Å²) in [7, 11) is -3.75. The van der Waals surface area contributed by atoms with E-state index >= 15 is 0 Å². The molecule has 0 unspecified atom stereocenters. The predicted molar refractivity (Wildman–Crippen MR) is 88.2 cm³/mol. The van der Waals surface area contributed by atoms with Gasteiger partial charge in [0.25, 0.3) is 10.0 Å². The third kappa shape index (κ3) is 3.34. The van der Waals surface area contributed by atoms with E-state index in [4.69, 9.17) is 5.73 Å². The second-order valence-electron chi connectivity index (χ2n) is 4.28. The minimum Gasteiger partial charge on any atom is -0.398 e. The maximum atomic E-state index is 12.4. The van der Waals surface area contributed by atoms with Crippen molar-refractivity contribution in [3.63, 3.8) is 0 Å². The van der Waals surface area contributed by atoms with E-state index in [1.165, 1.54) is 0 Å². The van der Waals surface area contributed by atoms with E-state index in [1.807, 2.05) is 13.0 Å². The van der Waals surface area contributed by atoms with Crippen molar-refractivity contribution in [2.75, 3.05) is 10.5 Å². The van der Waals surface area contributed by atoms with E-state index in [0.29, 0.717) is 14.6 Å². The summed E-state index contributed by atoms with van der Waals surface area (Å²) in [6.45, 7) is 1.89. The first kappa shape index (κ1) is 15.3. The number of halogens is 2. The van der Waals surface area contributed by atoms with Crippen molar-refractivity contribution in [2.45, 2.75) is 11.8 Å². The molecule has 20 heavy (non-hydrogen) atoms. The van der Waals surface area contributed by atoms with Crippen molar-refractivity contribution in [1.29, 1.82) is 0 Å². The number of hydrogen-bond donors (Lipinski definition) is 2. The highest BCUT2D eigenvalue weighted by molar-refractivity contribution is 9.11. The number of sulfonamides is 1. The monoisotopic (exact) mass is 418 g/mol. The van der Waals surface area contributed by atoms with Crippen molar-refractivity contribution in [3.05, 3.63) is 50.9 Å². The summed E-state index contributed by atoms with van der Waals surface area (Å²) in [5.41, 5.74) is 7.45. The number of nitrogens with one attached hydrogen (secondary N) is 1. The SMILES string of the molecule is Cc1cccc(NS(=O)(=O)c2c(N)cc(Br)cc2Br)c1. The van der Waals surface area contributed by atoms with Crippen LogP contribution in [0.3, 0.4) is 0 Å². The minimum absolute atomic E-state index is 0.0298. The first-order chi connectivity index (χ1) is 9.29. The summed E-state index contributed by atoms with van der Waals surface area (Å²) >= 11 is 6.50. The summed E-state index contributed by atoms with van der Waals surface area (Å²) < 4.78 is 28.5. The van der Waals surface area contributed by atoms with Gasteiger partial charge in [-0.05, 0) is 52.7 Å². The number of nitrogen functional groups attached to an aromatic ring is 1. The molecule has 2 aromatic carbocycles. The van der Waals surface area contributed by atoms with Gasteiger partial charge in [-0.25, -0.2) is 8.42 Å². The fraction of sp³-hybridized carbons (Fsp3) is 0.0769. The summed E-state index contributed by atoms with van der Waals surface area (Å²) in [5, 5.41) is 0. The molecular weight excluding hydrogens is 408 g/mol. The number of nitrogens with two attached hydrogens (primary N) is 1. The van der Waals surface area contributed by atoms with Gasteiger partial charge in [0.05, 0.1) is 5.69 Å². The quantitative estimate of drug-likeness (QED) is 0.741. The van der Waals surface area contributed by atoms with Gasteiger partial charge in [-0.2, -0.15) is 0 Å². The summed E-state index contributed by atoms with van der Waals surface area (Å²) in [4.78, 5) is 0.0298. The van der Waals surface area contributed by atoms with E-state index in [1.54, 1.807) is 30.3 Å². The van der Waals surface area contributed by atoms with Gasteiger partial charge in [0.1, 0.15) is 4.90 Å². The zero-order chi connectivity index (χ0) is 14.9. The van der Waals surface area contributed by atoms with Crippen LogP contribution in [0.25, 0.3) is 0 Å². The molecule has 0 radical (unpaired) electrons. The van der Waals surface area contributed by atoms with Gasteiger partial charge in [0.15, 0.2) is 0 Å². The van der Waals surface area contributed by atoms with E-state index in [-0.39, 0.29) is 10.6 Å². The minimum atomic E-state index is -3.75. The van der Waals surface area contributed by atoms with Crippen LogP contribution in [0.15, 0.2) is 50.2 Å². The number of anilines is 2. The molecule has 7 heteroatoms. The molecule has 0 aromatic heterocycles. The molecule has 0 bridgehead atoms. The van der Waals surface area contributed by atoms with Gasteiger partial charge in [-0.15, -0.1) is 0 Å². The topological polar surface area (TPSA) is 72.2 Å². The van der Waals surface area contributed by atoms with Crippen LogP contribution in [0, 0.1) is 6.92 Å². The Bertz CT molecular complexity index is 738. The van der Waals surface area contributed by atoms with Gasteiger partial charge in [0.2, 0.25) is 0 Å². The first-order valence-corrected chi connectivity index (χ1v) is 8.70. The first-order valence-electron chi connectivity index (χ1n) is 5.63. The molecule has 0 fully saturated rings. The Morgan fingerprint density at radius 2 is 1.85 bits per heavy atom. The highest BCUT2D eigenvalue weighted by atomic mass is 79.9. The van der Waals surface area contributed by atoms with Gasteiger partial charge in [-0.3, -0.25) is 4.72 Å². The van der Waals surface area contributed by atoms with Crippen LogP contribution in [-0.2, 0) is 10.0 Å². The van der Waals surface area contributed by atoms with Crippen LogP contribution >= 0.6 is 31.9 Å². The zero-order valence-electron chi connectivity index (χ0n) is 10.5. The molecule has 0 saturated carbocycles. The molecule has 0 heterocycles. The highest BCUT2D eigenvalue weighted by Crippen LogP contribution is 2.32. The van der Waals surface area contributed by atoms with Crippen LogP contribution in [0.5, 0.6) is 0 Å². The Labute approximate surface area is 134 Å². The molecule has 0 amide bonds. The third-order valence-corrected chi connectivity index (χ3v) is 5.42. The molecule has 0 atom stereocenters. The lowest BCUT2D eigenvalue weighted by atomic mass is 10.2. The lowest BCUT2D eigenvalue weighted by Gasteiger charge is -2.12. The molecule has 0 saturated heterocycles. The molecule has 0 aliphatic heterocycles. The van der Waals surface area contributed by atoms with Crippen LogP contribution in [0.1, 0.15) is 5.56 Å². The normalized spacial score (nSPS) is 11.3. The van der Waals surface area contributed by atoms with E-state index in [2.05, 4.69) is 36.6 Å². The standard InChI is InChI=1S/C13H12Br2N2O2S/c1-8-3-2-4-10(5-8)17-20(18,19)13-11(15)6-9(14)7-12(13)16/h2-7,17H,16H2,1H3. The van der Waals surface area contributed by atoms with Crippen molar-refractivity contribution in [2.24, 2.45) is 0 Å². The summed E-state index contributed by atoms with van der Waals surface area (Å²) in [5.74, 6) is 0. The van der Waals surface area contributed by atoms with Crippen LogP contribution < -0.4 is 10.5 Å². The average Bonchev–Trinajstić information content (AvgIpc) is 2.25. The van der Waals surface area contributed by atoms with Gasteiger partial charge >= 0.3 is 0 Å². The fourth-order valence-electron chi connectivity index (χ4n) is 1.78. The summed E-state index contributed by atoms with van der Waals surface area (Å²) in [6.07, 6.45) is 0. The lowest BCUT2D eigenvalue weighted by molar-refractivity contribution is 0.601. The van der Waals surface area contributed by atoms with E-state index in [9.17, 15) is 8.42 Å². The summed E-state index contributed by atoms with van der Waals surface area (Å²) in [6, 6.07) is 10.3. The molecular formula is C13H12Br2N2O2S. The second-order valence-corrected chi connectivity index (χ2v) is 7.67. The van der Waals surface area contributed by atoms with E-state index in [0.717, 1.165) is 5.56 Å². The second kappa shape index (κ2) is 5.75. The zero-order valence-corrected chi connectivity index (χ0v) is 14.5. The number of hydrogen-bond acceptors (Lipinski definition) is 3. The average molecular weight is 420 g/mol. The van der Waals surface area contributed by atoms with Crippen molar-refractivity contribution < 1.29 is 8.42 Å². The highest BCUT2D eigenvalue weighted by Gasteiger charge is 2.21. The largest absolute Gasteiger partial charge is 0.398 e. The smallest absolute Gasteiger partial charge is 0.265 e. The van der Waals surface area contributed by atoms with E-state index < -0.39 is 10.0 Å². The molecule has 0 spiro atoms. The Kier molecular flexibility index (Phi) is 4.41. The lowest BCUT2D eigenvalue weighted by Crippen LogP contribution is -2.15. The fourth-order valence-corrected chi connectivity index (χ4v) is 4.90. The van der Waals surface area contributed by atoms with Crippen molar-refractivity contribution in [1.82, 2.24) is 0 Å². The third-order valence-electron chi connectivity index (χ3n) is 2.58. The van der Waals surface area contributed by atoms with Crippen LogP contribution in [-0.4, -0.2) is 8.42 Å². The van der Waals surface area contributed by atoms with Crippen LogP contribution in [0.2, 0.25) is 0 Å². The number of benzene rings is 2.